The van der Waals surface area contributed by atoms with E-state index in [0.717, 1.165) is 11.3 Å². The molecule has 0 aromatic heterocycles. The topological polar surface area (TPSA) is 61.8 Å². The Hall–Kier alpha value is -2.56. The summed E-state index contributed by atoms with van der Waals surface area (Å²) in [6, 6.07) is 7.35. The van der Waals surface area contributed by atoms with Gasteiger partial charge in [0, 0.05) is 13.8 Å². The lowest BCUT2D eigenvalue weighted by molar-refractivity contribution is -0.222. The van der Waals surface area contributed by atoms with Gasteiger partial charge in [-0.1, -0.05) is 24.3 Å². The Kier molecular flexibility index (Phi) is 4.12. The lowest BCUT2D eigenvalue weighted by atomic mass is 10.1. The van der Waals surface area contributed by atoms with Crippen LogP contribution in [0.2, 0.25) is 0 Å². The second kappa shape index (κ2) is 5.83. The van der Waals surface area contributed by atoms with Crippen molar-refractivity contribution >= 4 is 18.0 Å². The van der Waals surface area contributed by atoms with E-state index in [2.05, 4.69) is 0 Å². The van der Waals surface area contributed by atoms with Crippen molar-refractivity contribution in [2.45, 2.75) is 19.6 Å². The van der Waals surface area contributed by atoms with E-state index >= 15 is 0 Å². The highest BCUT2D eigenvalue weighted by atomic mass is 16.7. The van der Waals surface area contributed by atoms with E-state index in [1.54, 1.807) is 19.3 Å². The number of hydrogen-bond acceptors (Lipinski definition) is 5. The average molecular weight is 288 g/mol. The quantitative estimate of drug-likeness (QED) is 0.486. The maximum Gasteiger partial charge on any atom is 0.348 e. The molecule has 0 unspecified atom stereocenters. The van der Waals surface area contributed by atoms with Crippen molar-refractivity contribution in [2.75, 3.05) is 7.11 Å². The third-order valence-corrected chi connectivity index (χ3v) is 2.78. The van der Waals surface area contributed by atoms with E-state index in [4.69, 9.17) is 14.2 Å². The number of ether oxygens (including phenoxy) is 3. The molecule has 2 rings (SSSR count). The molecule has 5 heteroatoms. The summed E-state index contributed by atoms with van der Waals surface area (Å²) in [6.07, 6.45) is 4.73. The van der Waals surface area contributed by atoms with Crippen molar-refractivity contribution in [3.63, 3.8) is 0 Å². The molecule has 21 heavy (non-hydrogen) atoms. The fraction of sp³-hybridized carbons (Fsp3) is 0.250. The molecule has 1 saturated heterocycles. The summed E-state index contributed by atoms with van der Waals surface area (Å²) in [5.41, 5.74) is 0.782. The summed E-state index contributed by atoms with van der Waals surface area (Å²) in [6.45, 7) is 3.01. The Morgan fingerprint density at radius 1 is 1.05 bits per heavy atom. The van der Waals surface area contributed by atoms with Gasteiger partial charge >= 0.3 is 11.9 Å². The first-order chi connectivity index (χ1) is 9.91. The van der Waals surface area contributed by atoms with Crippen molar-refractivity contribution in [3.05, 3.63) is 47.6 Å². The van der Waals surface area contributed by atoms with Crippen LogP contribution in [0.1, 0.15) is 19.4 Å². The molecule has 0 spiro atoms. The highest BCUT2D eigenvalue weighted by molar-refractivity contribution is 6.15. The molecule has 0 amide bonds. The molecule has 0 saturated carbocycles. The number of carbonyl (C=O) groups excluding carboxylic acids is 2. The number of allylic oxidation sites excluding steroid dienone is 2. The number of carbonyl (C=O) groups is 2. The third-order valence-electron chi connectivity index (χ3n) is 2.78. The van der Waals surface area contributed by atoms with Crippen molar-refractivity contribution in [1.82, 2.24) is 0 Å². The van der Waals surface area contributed by atoms with Crippen LogP contribution in [0.15, 0.2) is 42.0 Å². The van der Waals surface area contributed by atoms with Gasteiger partial charge in [0.2, 0.25) is 0 Å². The van der Waals surface area contributed by atoms with Crippen molar-refractivity contribution in [3.8, 4) is 5.75 Å². The fourth-order valence-corrected chi connectivity index (χ4v) is 1.77. The first kappa shape index (κ1) is 14.8. The standard InChI is InChI=1S/C16H16O5/c1-16(2)20-14(17)13(15(18)21-16)6-4-5-11-7-9-12(19-3)10-8-11/h4-10H,1-3H3/b5-4+. The second-order valence-corrected chi connectivity index (χ2v) is 4.89. The molecule has 0 N–H and O–H groups in total. The van der Waals surface area contributed by atoms with Gasteiger partial charge in [0.25, 0.3) is 5.79 Å². The maximum atomic E-state index is 11.7. The van der Waals surface area contributed by atoms with Crippen molar-refractivity contribution in [1.29, 1.82) is 0 Å². The molecular weight excluding hydrogens is 272 g/mol. The minimum Gasteiger partial charge on any atom is -0.497 e. The number of methoxy groups -OCH3 is 1. The van der Waals surface area contributed by atoms with Gasteiger partial charge in [-0.05, 0) is 23.8 Å². The Morgan fingerprint density at radius 3 is 2.14 bits per heavy atom. The summed E-state index contributed by atoms with van der Waals surface area (Å²) in [5.74, 6) is -1.83. The number of benzene rings is 1. The molecule has 0 aliphatic carbocycles. The van der Waals surface area contributed by atoms with Gasteiger partial charge in [-0.2, -0.15) is 0 Å². The number of cyclic esters (lactones) is 2. The molecule has 1 aromatic rings. The number of rotatable bonds is 3. The third kappa shape index (κ3) is 3.72. The fourth-order valence-electron chi connectivity index (χ4n) is 1.77. The molecule has 1 aliphatic rings. The zero-order chi connectivity index (χ0) is 15.5. The van der Waals surface area contributed by atoms with E-state index in [-0.39, 0.29) is 5.57 Å². The molecule has 0 radical (unpaired) electrons. The second-order valence-electron chi connectivity index (χ2n) is 4.89. The van der Waals surface area contributed by atoms with Crippen LogP contribution in [0.4, 0.5) is 0 Å². The van der Waals surface area contributed by atoms with Gasteiger partial charge < -0.3 is 14.2 Å². The summed E-state index contributed by atoms with van der Waals surface area (Å²) in [7, 11) is 1.59. The zero-order valence-corrected chi connectivity index (χ0v) is 12.1. The van der Waals surface area contributed by atoms with Gasteiger partial charge in [0.05, 0.1) is 7.11 Å². The molecule has 0 atom stereocenters. The van der Waals surface area contributed by atoms with E-state index in [1.807, 2.05) is 24.3 Å². The van der Waals surface area contributed by atoms with Crippen molar-refractivity contribution < 1.29 is 23.8 Å². The molecule has 1 heterocycles. The van der Waals surface area contributed by atoms with Gasteiger partial charge in [0.15, 0.2) is 0 Å². The lowest BCUT2D eigenvalue weighted by Gasteiger charge is -2.29. The highest BCUT2D eigenvalue weighted by Crippen LogP contribution is 2.22. The predicted octanol–water partition coefficient (Wildman–Crippen LogP) is 2.47. The number of hydrogen-bond donors (Lipinski definition) is 0. The van der Waals surface area contributed by atoms with Gasteiger partial charge in [-0.15, -0.1) is 0 Å². The highest BCUT2D eigenvalue weighted by Gasteiger charge is 2.38. The molecule has 1 aromatic carbocycles. The largest absolute Gasteiger partial charge is 0.497 e. The first-order valence-electron chi connectivity index (χ1n) is 6.40. The smallest absolute Gasteiger partial charge is 0.348 e. The summed E-state index contributed by atoms with van der Waals surface area (Å²) in [4.78, 5) is 23.4. The van der Waals surface area contributed by atoms with Crippen LogP contribution in [0.3, 0.4) is 0 Å². The number of esters is 2. The van der Waals surface area contributed by atoms with Crippen LogP contribution in [0.25, 0.3) is 6.08 Å². The molecule has 1 aliphatic heterocycles. The molecule has 110 valence electrons. The van der Waals surface area contributed by atoms with E-state index in [0.29, 0.717) is 0 Å². The van der Waals surface area contributed by atoms with Crippen LogP contribution in [0.5, 0.6) is 5.75 Å². The maximum absolute atomic E-state index is 11.7. The van der Waals surface area contributed by atoms with Crippen LogP contribution < -0.4 is 4.74 Å². The summed E-state index contributed by atoms with van der Waals surface area (Å²) in [5, 5.41) is 0. The predicted molar refractivity (Wildman–Crippen MR) is 76.4 cm³/mol. The lowest BCUT2D eigenvalue weighted by Crippen LogP contribution is -2.41. The van der Waals surface area contributed by atoms with Crippen LogP contribution in [-0.2, 0) is 19.1 Å². The van der Waals surface area contributed by atoms with Crippen LogP contribution in [0, 0.1) is 0 Å². The minimum absolute atomic E-state index is 0.126. The summed E-state index contributed by atoms with van der Waals surface area (Å²) < 4.78 is 15.0. The van der Waals surface area contributed by atoms with Gasteiger partial charge in [-0.25, -0.2) is 9.59 Å². The average Bonchev–Trinajstić information content (AvgIpc) is 2.41. The van der Waals surface area contributed by atoms with E-state index < -0.39 is 17.7 Å². The Bertz CT molecular complexity index is 586. The Morgan fingerprint density at radius 2 is 1.62 bits per heavy atom. The minimum atomic E-state index is -1.22. The van der Waals surface area contributed by atoms with Crippen LogP contribution in [-0.4, -0.2) is 24.8 Å². The van der Waals surface area contributed by atoms with Gasteiger partial charge in [0.1, 0.15) is 11.3 Å². The monoisotopic (exact) mass is 288 g/mol. The van der Waals surface area contributed by atoms with Crippen LogP contribution >= 0.6 is 0 Å². The van der Waals surface area contributed by atoms with Crippen molar-refractivity contribution in [2.24, 2.45) is 0 Å². The first-order valence-corrected chi connectivity index (χ1v) is 6.40. The Labute approximate surface area is 122 Å². The van der Waals surface area contributed by atoms with E-state index in [9.17, 15) is 9.59 Å². The normalized spacial score (nSPS) is 17.4. The summed E-state index contributed by atoms with van der Waals surface area (Å²) >= 11 is 0. The molecule has 0 bridgehead atoms. The molecule has 1 fully saturated rings. The Balaban J connectivity index is 2.11. The SMILES string of the molecule is COc1ccc(/C=C/C=C2C(=O)OC(C)(C)OC2=O)cc1. The molecular formula is C16H16O5. The molecule has 5 nitrogen and oxygen atoms in total. The zero-order valence-electron chi connectivity index (χ0n) is 12.1. The van der Waals surface area contributed by atoms with Gasteiger partial charge in [-0.3, -0.25) is 0 Å². The van der Waals surface area contributed by atoms with E-state index in [1.165, 1.54) is 19.9 Å².